The van der Waals surface area contributed by atoms with Crippen LogP contribution in [-0.2, 0) is 11.8 Å². The van der Waals surface area contributed by atoms with Crippen LogP contribution in [0.4, 0.5) is 4.79 Å². The molecule has 3 heteroatoms. The molecule has 1 rings (SSSR count). The first-order valence-corrected chi connectivity index (χ1v) is 6.70. The molecule has 18 heavy (non-hydrogen) atoms. The quantitative estimate of drug-likeness (QED) is 0.824. The minimum absolute atomic E-state index is 0.182. The van der Waals surface area contributed by atoms with Gasteiger partial charge in [-0.1, -0.05) is 51.6 Å². The number of carbonyl (C=O) groups is 1. The van der Waals surface area contributed by atoms with Crippen molar-refractivity contribution in [3.63, 3.8) is 0 Å². The molecule has 2 nitrogen and oxygen atoms in total. The van der Waals surface area contributed by atoms with Gasteiger partial charge in [0.2, 0.25) is 0 Å². The lowest BCUT2D eigenvalue weighted by atomic mass is 9.85. The highest BCUT2D eigenvalue weighted by atomic mass is 32.1. The van der Waals surface area contributed by atoms with Gasteiger partial charge in [0, 0.05) is 13.6 Å². The van der Waals surface area contributed by atoms with Gasteiger partial charge in [-0.15, -0.1) is 0 Å². The van der Waals surface area contributed by atoms with Crippen molar-refractivity contribution in [1.29, 1.82) is 0 Å². The van der Waals surface area contributed by atoms with E-state index in [0.717, 1.165) is 6.42 Å². The van der Waals surface area contributed by atoms with Crippen molar-refractivity contribution in [3.8, 4) is 0 Å². The Balaban J connectivity index is 2.78. The SMILES string of the molecule is Cc1cc(C(C)(C)C)ccc1CCN(C)C(=O)S. The molecule has 0 aromatic heterocycles. The number of thiol groups is 1. The molecule has 1 aromatic rings. The van der Waals surface area contributed by atoms with Crippen molar-refractivity contribution in [3.05, 3.63) is 34.9 Å². The van der Waals surface area contributed by atoms with E-state index >= 15 is 0 Å². The summed E-state index contributed by atoms with van der Waals surface area (Å²) in [6, 6.07) is 6.61. The number of hydrogen-bond donors (Lipinski definition) is 1. The molecule has 0 bridgehead atoms. The van der Waals surface area contributed by atoms with Crippen molar-refractivity contribution in [2.45, 2.75) is 39.5 Å². The lowest BCUT2D eigenvalue weighted by Gasteiger charge is -2.21. The second-order valence-corrected chi connectivity index (χ2v) is 6.23. The van der Waals surface area contributed by atoms with Crippen LogP contribution in [0.1, 0.15) is 37.5 Å². The van der Waals surface area contributed by atoms with Crippen molar-refractivity contribution in [1.82, 2.24) is 4.90 Å². The van der Waals surface area contributed by atoms with Gasteiger partial charge in [0.25, 0.3) is 5.24 Å². The van der Waals surface area contributed by atoms with Gasteiger partial charge >= 0.3 is 0 Å². The first-order chi connectivity index (χ1) is 8.21. The minimum atomic E-state index is -0.182. The van der Waals surface area contributed by atoms with E-state index in [1.807, 2.05) is 0 Å². The van der Waals surface area contributed by atoms with E-state index < -0.39 is 0 Å². The molecule has 0 heterocycles. The highest BCUT2D eigenvalue weighted by Gasteiger charge is 2.14. The predicted octanol–water partition coefficient (Wildman–Crippen LogP) is 3.82. The van der Waals surface area contributed by atoms with E-state index in [4.69, 9.17) is 0 Å². The highest BCUT2D eigenvalue weighted by molar-refractivity contribution is 7.96. The van der Waals surface area contributed by atoms with Gasteiger partial charge in [0.15, 0.2) is 0 Å². The molecular weight excluding hydrogens is 242 g/mol. The molecule has 0 N–H and O–H groups in total. The van der Waals surface area contributed by atoms with Crippen LogP contribution in [0.5, 0.6) is 0 Å². The number of aryl methyl sites for hydroxylation is 1. The number of amides is 1. The molecule has 1 amide bonds. The molecule has 0 spiro atoms. The molecule has 0 fully saturated rings. The van der Waals surface area contributed by atoms with Crippen LogP contribution < -0.4 is 0 Å². The van der Waals surface area contributed by atoms with Crippen molar-refractivity contribution in [2.75, 3.05) is 13.6 Å². The summed E-state index contributed by atoms with van der Waals surface area (Å²) in [7, 11) is 1.77. The van der Waals surface area contributed by atoms with Crippen LogP contribution in [0.2, 0.25) is 0 Å². The Bertz CT molecular complexity index is 435. The van der Waals surface area contributed by atoms with Crippen molar-refractivity contribution < 1.29 is 4.79 Å². The molecule has 0 aliphatic carbocycles. The van der Waals surface area contributed by atoms with E-state index in [-0.39, 0.29) is 10.7 Å². The summed E-state index contributed by atoms with van der Waals surface area (Å²) >= 11 is 3.81. The van der Waals surface area contributed by atoms with Gasteiger partial charge in [-0.05, 0) is 35.4 Å². The average Bonchev–Trinajstić information content (AvgIpc) is 2.25. The summed E-state index contributed by atoms with van der Waals surface area (Å²) in [6.07, 6.45) is 0.874. The Morgan fingerprint density at radius 3 is 2.39 bits per heavy atom. The lowest BCUT2D eigenvalue weighted by molar-refractivity contribution is 0.234. The van der Waals surface area contributed by atoms with E-state index in [1.165, 1.54) is 16.7 Å². The van der Waals surface area contributed by atoms with Gasteiger partial charge in [-0.3, -0.25) is 4.79 Å². The standard InChI is InChI=1S/C15H23NOS/c1-11-10-13(15(2,3)4)7-6-12(11)8-9-16(5)14(17)18/h6-7,10H,8-9H2,1-5H3,(H,17,18). The Hall–Kier alpha value is -0.960. The molecule has 1 aromatic carbocycles. The first-order valence-electron chi connectivity index (χ1n) is 6.26. The Kier molecular flexibility index (Phi) is 4.85. The molecule has 0 unspecified atom stereocenters. The number of carbonyl (C=O) groups excluding carboxylic acids is 1. The molecule has 0 radical (unpaired) electrons. The maximum atomic E-state index is 11.0. The van der Waals surface area contributed by atoms with Crippen LogP contribution in [0, 0.1) is 6.92 Å². The summed E-state index contributed by atoms with van der Waals surface area (Å²) in [5.41, 5.74) is 4.12. The third-order valence-corrected chi connectivity index (χ3v) is 3.59. The van der Waals surface area contributed by atoms with E-state index in [9.17, 15) is 4.79 Å². The van der Waals surface area contributed by atoms with Gasteiger partial charge in [0.05, 0.1) is 0 Å². The number of likely N-dealkylation sites (N-methyl/N-ethyl adjacent to an activating group) is 1. The topological polar surface area (TPSA) is 20.3 Å². The first kappa shape index (κ1) is 15.1. The largest absolute Gasteiger partial charge is 0.337 e. The normalized spacial score (nSPS) is 11.4. The van der Waals surface area contributed by atoms with Gasteiger partial charge in [0.1, 0.15) is 0 Å². The van der Waals surface area contributed by atoms with Crippen LogP contribution in [0.25, 0.3) is 0 Å². The molecule has 0 atom stereocenters. The molecule has 0 saturated carbocycles. The van der Waals surface area contributed by atoms with Gasteiger partial charge in [-0.2, -0.15) is 0 Å². The third-order valence-electron chi connectivity index (χ3n) is 3.25. The lowest BCUT2D eigenvalue weighted by Crippen LogP contribution is -2.23. The maximum absolute atomic E-state index is 11.0. The fraction of sp³-hybridized carbons (Fsp3) is 0.533. The number of nitrogens with zero attached hydrogens (tertiary/aromatic N) is 1. The molecule has 0 aliphatic heterocycles. The Labute approximate surface area is 116 Å². The monoisotopic (exact) mass is 265 g/mol. The van der Waals surface area contributed by atoms with E-state index in [1.54, 1.807) is 11.9 Å². The number of rotatable bonds is 3. The average molecular weight is 265 g/mol. The zero-order chi connectivity index (χ0) is 13.9. The summed E-state index contributed by atoms with van der Waals surface area (Å²) in [6.45, 7) is 9.49. The van der Waals surface area contributed by atoms with Gasteiger partial charge in [-0.25, -0.2) is 0 Å². The van der Waals surface area contributed by atoms with Gasteiger partial charge < -0.3 is 4.90 Å². The van der Waals surface area contributed by atoms with E-state index in [0.29, 0.717) is 6.54 Å². The summed E-state index contributed by atoms with van der Waals surface area (Å²) in [4.78, 5) is 12.7. The fourth-order valence-corrected chi connectivity index (χ4v) is 1.93. The summed E-state index contributed by atoms with van der Waals surface area (Å²) < 4.78 is 0. The van der Waals surface area contributed by atoms with Crippen LogP contribution >= 0.6 is 12.6 Å². The zero-order valence-electron chi connectivity index (χ0n) is 11.9. The molecular formula is C15H23NOS. The highest BCUT2D eigenvalue weighted by Crippen LogP contribution is 2.24. The van der Waals surface area contributed by atoms with E-state index in [2.05, 4.69) is 58.5 Å². The molecule has 0 saturated heterocycles. The predicted molar refractivity (Wildman–Crippen MR) is 80.6 cm³/mol. The molecule has 0 aliphatic rings. The smallest absolute Gasteiger partial charge is 0.278 e. The zero-order valence-corrected chi connectivity index (χ0v) is 12.8. The second-order valence-electron chi connectivity index (χ2n) is 5.85. The summed E-state index contributed by atoms with van der Waals surface area (Å²) in [5, 5.41) is -0.182. The maximum Gasteiger partial charge on any atom is 0.278 e. The number of hydrogen-bond acceptors (Lipinski definition) is 1. The van der Waals surface area contributed by atoms with Crippen LogP contribution in [0.15, 0.2) is 18.2 Å². The van der Waals surface area contributed by atoms with Crippen molar-refractivity contribution >= 4 is 17.9 Å². The van der Waals surface area contributed by atoms with Crippen molar-refractivity contribution in [2.24, 2.45) is 0 Å². The summed E-state index contributed by atoms with van der Waals surface area (Å²) in [5.74, 6) is 0. The second kappa shape index (κ2) is 5.79. The third kappa shape index (κ3) is 4.05. The Morgan fingerprint density at radius 1 is 1.33 bits per heavy atom. The molecule has 100 valence electrons. The minimum Gasteiger partial charge on any atom is -0.337 e. The fourth-order valence-electron chi connectivity index (χ4n) is 1.83. The van der Waals surface area contributed by atoms with Crippen LogP contribution in [-0.4, -0.2) is 23.7 Å². The van der Waals surface area contributed by atoms with Crippen LogP contribution in [0.3, 0.4) is 0 Å². The number of benzene rings is 1. The Morgan fingerprint density at radius 2 is 1.94 bits per heavy atom.